The quantitative estimate of drug-likeness (QED) is 0.376. The zero-order chi connectivity index (χ0) is 20.2. The van der Waals surface area contributed by atoms with Gasteiger partial charge >= 0.3 is 5.97 Å². The van der Waals surface area contributed by atoms with Crippen molar-refractivity contribution in [2.75, 3.05) is 17.2 Å². The molecule has 4 rings (SSSR count). The molecule has 7 heteroatoms. The molecule has 0 spiro atoms. The van der Waals surface area contributed by atoms with Gasteiger partial charge in [0.15, 0.2) is 0 Å². The number of aromatic nitrogens is 3. The maximum atomic E-state index is 11.0. The molecule has 0 radical (unpaired) electrons. The SMILES string of the molecule is Cc1cc(Nc2ccc(C(=O)O)cc2)nc(NCCc2c[nH]c3ccccc23)n1. The molecule has 0 unspecified atom stereocenters. The van der Waals surface area contributed by atoms with Gasteiger partial charge in [0, 0.05) is 41.1 Å². The highest BCUT2D eigenvalue weighted by Gasteiger charge is 2.06. The Labute approximate surface area is 167 Å². The van der Waals surface area contributed by atoms with Gasteiger partial charge in [-0.2, -0.15) is 4.98 Å². The number of benzene rings is 2. The van der Waals surface area contributed by atoms with E-state index >= 15 is 0 Å². The maximum absolute atomic E-state index is 11.0. The second-order valence-corrected chi connectivity index (χ2v) is 6.76. The van der Waals surface area contributed by atoms with Crippen LogP contribution in [0.25, 0.3) is 10.9 Å². The van der Waals surface area contributed by atoms with E-state index in [1.165, 1.54) is 10.9 Å². The number of nitrogens with one attached hydrogen (secondary N) is 3. The Hall–Kier alpha value is -3.87. The maximum Gasteiger partial charge on any atom is 0.335 e. The fourth-order valence-electron chi connectivity index (χ4n) is 3.20. The molecular formula is C22H21N5O2. The number of H-pyrrole nitrogens is 1. The molecule has 0 fully saturated rings. The Balaban J connectivity index is 1.42. The van der Waals surface area contributed by atoms with E-state index in [0.29, 0.717) is 18.3 Å². The lowest BCUT2D eigenvalue weighted by atomic mass is 10.1. The Kier molecular flexibility index (Phi) is 5.11. The summed E-state index contributed by atoms with van der Waals surface area (Å²) < 4.78 is 0. The number of nitrogens with zero attached hydrogens (tertiary/aromatic N) is 2. The molecule has 0 aliphatic heterocycles. The molecule has 0 amide bonds. The average Bonchev–Trinajstić information content (AvgIpc) is 3.11. The summed E-state index contributed by atoms with van der Waals surface area (Å²) in [6, 6.07) is 16.6. The highest BCUT2D eigenvalue weighted by molar-refractivity contribution is 5.88. The second kappa shape index (κ2) is 8.02. The predicted molar refractivity (Wildman–Crippen MR) is 114 cm³/mol. The van der Waals surface area contributed by atoms with E-state index in [4.69, 9.17) is 5.11 Å². The summed E-state index contributed by atoms with van der Waals surface area (Å²) in [5, 5.41) is 16.7. The number of anilines is 3. The minimum absolute atomic E-state index is 0.244. The third kappa shape index (κ3) is 4.35. The molecule has 29 heavy (non-hydrogen) atoms. The minimum Gasteiger partial charge on any atom is -0.478 e. The molecule has 2 aromatic carbocycles. The van der Waals surface area contributed by atoms with Crippen molar-refractivity contribution in [2.24, 2.45) is 0 Å². The van der Waals surface area contributed by atoms with Crippen molar-refractivity contribution in [3.63, 3.8) is 0 Å². The van der Waals surface area contributed by atoms with Gasteiger partial charge in [-0.05, 0) is 49.2 Å². The van der Waals surface area contributed by atoms with Gasteiger partial charge in [0.1, 0.15) is 5.82 Å². The lowest BCUT2D eigenvalue weighted by Gasteiger charge is -2.10. The number of aryl methyl sites for hydroxylation is 1. The van der Waals surface area contributed by atoms with E-state index in [1.807, 2.05) is 31.3 Å². The van der Waals surface area contributed by atoms with Crippen LogP contribution in [0.3, 0.4) is 0 Å². The number of para-hydroxylation sites is 1. The first kappa shape index (κ1) is 18.5. The third-order valence-corrected chi connectivity index (χ3v) is 4.61. The van der Waals surface area contributed by atoms with Gasteiger partial charge in [0.05, 0.1) is 5.56 Å². The summed E-state index contributed by atoms with van der Waals surface area (Å²) in [5.41, 5.74) is 4.22. The van der Waals surface area contributed by atoms with Crippen molar-refractivity contribution < 1.29 is 9.90 Å². The lowest BCUT2D eigenvalue weighted by Crippen LogP contribution is -2.09. The summed E-state index contributed by atoms with van der Waals surface area (Å²) in [6.07, 6.45) is 2.89. The van der Waals surface area contributed by atoms with Gasteiger partial charge < -0.3 is 20.7 Å². The number of hydrogen-bond donors (Lipinski definition) is 4. The van der Waals surface area contributed by atoms with Crippen molar-refractivity contribution in [1.82, 2.24) is 15.0 Å². The number of aromatic carboxylic acids is 1. The van der Waals surface area contributed by atoms with Crippen LogP contribution in [-0.2, 0) is 6.42 Å². The van der Waals surface area contributed by atoms with E-state index in [0.717, 1.165) is 23.3 Å². The number of carbonyl (C=O) groups is 1. The van der Waals surface area contributed by atoms with Crippen molar-refractivity contribution in [2.45, 2.75) is 13.3 Å². The smallest absolute Gasteiger partial charge is 0.335 e. The van der Waals surface area contributed by atoms with Crippen LogP contribution >= 0.6 is 0 Å². The number of rotatable bonds is 7. The summed E-state index contributed by atoms with van der Waals surface area (Å²) in [4.78, 5) is 23.2. The van der Waals surface area contributed by atoms with Gasteiger partial charge in [-0.1, -0.05) is 18.2 Å². The molecule has 4 aromatic rings. The van der Waals surface area contributed by atoms with Gasteiger partial charge in [-0.15, -0.1) is 0 Å². The monoisotopic (exact) mass is 387 g/mol. The summed E-state index contributed by atoms with van der Waals surface area (Å²) >= 11 is 0. The Bertz CT molecular complexity index is 1150. The normalized spacial score (nSPS) is 10.8. The molecule has 0 saturated carbocycles. The zero-order valence-electron chi connectivity index (χ0n) is 15.9. The predicted octanol–water partition coefficient (Wildman–Crippen LogP) is 4.36. The van der Waals surface area contributed by atoms with Crippen LogP contribution < -0.4 is 10.6 Å². The third-order valence-electron chi connectivity index (χ3n) is 4.61. The number of aromatic amines is 1. The molecule has 4 N–H and O–H groups in total. The van der Waals surface area contributed by atoms with Crippen LogP contribution in [0.4, 0.5) is 17.5 Å². The molecule has 0 aliphatic carbocycles. The Morgan fingerprint density at radius 1 is 1.10 bits per heavy atom. The molecule has 0 bridgehead atoms. The van der Waals surface area contributed by atoms with E-state index in [9.17, 15) is 4.79 Å². The van der Waals surface area contributed by atoms with Gasteiger partial charge in [0.2, 0.25) is 5.95 Å². The van der Waals surface area contributed by atoms with Crippen LogP contribution in [0.2, 0.25) is 0 Å². The molecule has 0 aliphatic rings. The molecular weight excluding hydrogens is 366 g/mol. The van der Waals surface area contributed by atoms with Crippen LogP contribution in [0.5, 0.6) is 0 Å². The minimum atomic E-state index is -0.948. The molecule has 0 atom stereocenters. The molecule has 146 valence electrons. The molecule has 2 heterocycles. The standard InChI is InChI=1S/C22H21N5O2/c1-14-12-20(26-17-8-6-15(7-9-17)21(28)29)27-22(25-14)23-11-10-16-13-24-19-5-3-2-4-18(16)19/h2-9,12-13,24H,10-11H2,1H3,(H,28,29)(H2,23,25,26,27). The van der Waals surface area contributed by atoms with Gasteiger partial charge in [0.25, 0.3) is 0 Å². The molecule has 7 nitrogen and oxygen atoms in total. The van der Waals surface area contributed by atoms with Crippen molar-refractivity contribution in [3.8, 4) is 0 Å². The Morgan fingerprint density at radius 2 is 1.90 bits per heavy atom. The zero-order valence-corrected chi connectivity index (χ0v) is 15.9. The van der Waals surface area contributed by atoms with Crippen LogP contribution in [0.1, 0.15) is 21.6 Å². The van der Waals surface area contributed by atoms with Crippen LogP contribution in [-0.4, -0.2) is 32.6 Å². The van der Waals surface area contributed by atoms with Crippen molar-refractivity contribution in [3.05, 3.63) is 77.6 Å². The van der Waals surface area contributed by atoms with E-state index in [2.05, 4.69) is 37.7 Å². The largest absolute Gasteiger partial charge is 0.478 e. The van der Waals surface area contributed by atoms with Crippen LogP contribution in [0, 0.1) is 6.92 Å². The average molecular weight is 387 g/mol. The summed E-state index contributed by atoms with van der Waals surface area (Å²) in [7, 11) is 0. The molecule has 0 saturated heterocycles. The van der Waals surface area contributed by atoms with Gasteiger partial charge in [-0.25, -0.2) is 9.78 Å². The fraction of sp³-hybridized carbons (Fsp3) is 0.136. The highest BCUT2D eigenvalue weighted by Crippen LogP contribution is 2.19. The first-order chi connectivity index (χ1) is 14.1. The number of hydrogen-bond acceptors (Lipinski definition) is 5. The highest BCUT2D eigenvalue weighted by atomic mass is 16.4. The van der Waals surface area contributed by atoms with Crippen LogP contribution in [0.15, 0.2) is 60.8 Å². The summed E-state index contributed by atoms with van der Waals surface area (Å²) in [5.74, 6) is 0.251. The van der Waals surface area contributed by atoms with Crippen molar-refractivity contribution >= 4 is 34.3 Å². The first-order valence-corrected chi connectivity index (χ1v) is 9.33. The summed E-state index contributed by atoms with van der Waals surface area (Å²) in [6.45, 7) is 2.61. The lowest BCUT2D eigenvalue weighted by molar-refractivity contribution is 0.0697. The fourth-order valence-corrected chi connectivity index (χ4v) is 3.20. The van der Waals surface area contributed by atoms with Crippen molar-refractivity contribution in [1.29, 1.82) is 0 Å². The Morgan fingerprint density at radius 3 is 2.69 bits per heavy atom. The van der Waals surface area contributed by atoms with E-state index in [1.54, 1.807) is 24.3 Å². The number of carboxylic acids is 1. The molecule has 2 aromatic heterocycles. The topological polar surface area (TPSA) is 103 Å². The first-order valence-electron chi connectivity index (χ1n) is 9.33. The number of fused-ring (bicyclic) bond motifs is 1. The van der Waals surface area contributed by atoms with Gasteiger partial charge in [-0.3, -0.25) is 0 Å². The van der Waals surface area contributed by atoms with E-state index < -0.39 is 5.97 Å². The number of carboxylic acid groups (broad SMARTS) is 1. The van der Waals surface area contributed by atoms with E-state index in [-0.39, 0.29) is 5.56 Å². The second-order valence-electron chi connectivity index (χ2n) is 6.76.